The summed E-state index contributed by atoms with van der Waals surface area (Å²) in [6.45, 7) is 3.19. The molecule has 0 radical (unpaired) electrons. The minimum absolute atomic E-state index is 0.0135. The summed E-state index contributed by atoms with van der Waals surface area (Å²) in [5.74, 6) is 1.19. The van der Waals surface area contributed by atoms with Crippen molar-refractivity contribution < 1.29 is 4.79 Å². The van der Waals surface area contributed by atoms with Crippen molar-refractivity contribution in [3.8, 4) is 6.07 Å². The number of fused-ring (bicyclic) bond motifs is 1. The third-order valence-corrected chi connectivity index (χ3v) is 4.97. The van der Waals surface area contributed by atoms with Gasteiger partial charge in [0.2, 0.25) is 0 Å². The van der Waals surface area contributed by atoms with E-state index in [1.165, 1.54) is 0 Å². The Morgan fingerprint density at radius 3 is 2.96 bits per heavy atom. The maximum absolute atomic E-state index is 12.1. The number of hydrogen-bond acceptors (Lipinski definition) is 5. The van der Waals surface area contributed by atoms with E-state index in [9.17, 15) is 10.1 Å². The molecular weight excluding hydrogens is 326 g/mol. The van der Waals surface area contributed by atoms with Gasteiger partial charge in [0.25, 0.3) is 0 Å². The molecule has 1 saturated heterocycles. The molecule has 0 spiro atoms. The van der Waals surface area contributed by atoms with Gasteiger partial charge in [0.05, 0.1) is 11.6 Å². The number of pyridine rings is 1. The zero-order valence-electron chi connectivity index (χ0n) is 14.6. The average molecular weight is 345 g/mol. The summed E-state index contributed by atoms with van der Waals surface area (Å²) < 4.78 is 2.03. The molecule has 3 heterocycles. The van der Waals surface area contributed by atoms with Crippen LogP contribution in [0.25, 0.3) is 5.65 Å². The lowest BCUT2D eigenvalue weighted by atomic mass is 9.95. The van der Waals surface area contributed by atoms with Crippen molar-refractivity contribution in [1.82, 2.24) is 14.6 Å². The minimum Gasteiger partial charge on any atom is -0.370 e. The Kier molecular flexibility index (Phi) is 4.13. The molecule has 6 heteroatoms. The molecular formula is C20H19N5O. The molecule has 1 atom stereocenters. The first kappa shape index (κ1) is 16.3. The normalized spacial score (nSPS) is 17.2. The molecule has 1 fully saturated rings. The van der Waals surface area contributed by atoms with Crippen molar-refractivity contribution in [1.29, 1.82) is 5.26 Å². The molecule has 1 aliphatic rings. The smallest absolute Gasteiger partial charge is 0.161 e. The van der Waals surface area contributed by atoms with Crippen LogP contribution in [0, 0.1) is 11.3 Å². The number of ketones is 1. The number of nitrogens with zero attached hydrogens (tertiary/aromatic N) is 5. The molecule has 0 saturated carbocycles. The van der Waals surface area contributed by atoms with E-state index in [4.69, 9.17) is 0 Å². The Labute approximate surface area is 151 Å². The van der Waals surface area contributed by atoms with Gasteiger partial charge >= 0.3 is 0 Å². The summed E-state index contributed by atoms with van der Waals surface area (Å²) in [4.78, 5) is 14.3. The highest BCUT2D eigenvalue weighted by Crippen LogP contribution is 2.32. The lowest BCUT2D eigenvalue weighted by Gasteiger charge is -2.34. The maximum Gasteiger partial charge on any atom is 0.161 e. The van der Waals surface area contributed by atoms with E-state index in [2.05, 4.69) is 21.2 Å². The number of hydrogen-bond donors (Lipinski definition) is 0. The second-order valence-electron chi connectivity index (χ2n) is 6.67. The van der Waals surface area contributed by atoms with Gasteiger partial charge in [-0.15, -0.1) is 10.2 Å². The van der Waals surface area contributed by atoms with E-state index in [1.807, 2.05) is 34.9 Å². The van der Waals surface area contributed by atoms with E-state index < -0.39 is 0 Å². The van der Waals surface area contributed by atoms with Crippen LogP contribution in [0.3, 0.4) is 0 Å². The highest BCUT2D eigenvalue weighted by atomic mass is 16.1. The van der Waals surface area contributed by atoms with Gasteiger partial charge in [0, 0.05) is 36.5 Å². The summed E-state index contributed by atoms with van der Waals surface area (Å²) in [6.07, 6.45) is 4.01. The lowest BCUT2D eigenvalue weighted by molar-refractivity contribution is 0.101. The fourth-order valence-corrected chi connectivity index (χ4v) is 3.71. The molecule has 1 aromatic carbocycles. The summed E-state index contributed by atoms with van der Waals surface area (Å²) in [5, 5.41) is 17.9. The SMILES string of the molecule is CC(=O)c1ccc(C#N)cc1N1CCCC(c2nnc3ccccn23)C1. The number of anilines is 1. The van der Waals surface area contributed by atoms with Crippen LogP contribution >= 0.6 is 0 Å². The first-order chi connectivity index (χ1) is 12.7. The van der Waals surface area contributed by atoms with Crippen molar-refractivity contribution in [2.45, 2.75) is 25.7 Å². The van der Waals surface area contributed by atoms with Gasteiger partial charge in [-0.25, -0.2) is 0 Å². The highest BCUT2D eigenvalue weighted by Gasteiger charge is 2.27. The lowest BCUT2D eigenvalue weighted by Crippen LogP contribution is -2.36. The topological polar surface area (TPSA) is 74.3 Å². The molecule has 1 unspecified atom stereocenters. The van der Waals surface area contributed by atoms with Crippen LogP contribution < -0.4 is 4.90 Å². The number of carbonyl (C=O) groups is 1. The molecule has 0 bridgehead atoms. The second kappa shape index (κ2) is 6.60. The van der Waals surface area contributed by atoms with Crippen LogP contribution in [0.15, 0.2) is 42.6 Å². The molecule has 2 aromatic heterocycles. The summed E-state index contributed by atoms with van der Waals surface area (Å²) >= 11 is 0. The Hall–Kier alpha value is -3.20. The number of Topliss-reactive ketones (excluding diaryl/α,β-unsaturated/α-hetero) is 1. The monoisotopic (exact) mass is 345 g/mol. The molecule has 0 N–H and O–H groups in total. The van der Waals surface area contributed by atoms with E-state index in [1.54, 1.807) is 19.1 Å². The number of carbonyl (C=O) groups excluding carboxylic acids is 1. The number of aromatic nitrogens is 3. The second-order valence-corrected chi connectivity index (χ2v) is 6.67. The van der Waals surface area contributed by atoms with Crippen molar-refractivity contribution in [3.05, 3.63) is 59.5 Å². The van der Waals surface area contributed by atoms with Crippen molar-refractivity contribution in [2.24, 2.45) is 0 Å². The first-order valence-corrected chi connectivity index (χ1v) is 8.77. The predicted molar refractivity (Wildman–Crippen MR) is 98.3 cm³/mol. The van der Waals surface area contributed by atoms with Crippen LogP contribution in [0.4, 0.5) is 5.69 Å². The van der Waals surface area contributed by atoms with Gasteiger partial charge in [0.15, 0.2) is 11.4 Å². The molecule has 26 heavy (non-hydrogen) atoms. The summed E-state index contributed by atoms with van der Waals surface area (Å²) in [5.41, 5.74) is 2.92. The summed E-state index contributed by atoms with van der Waals surface area (Å²) in [7, 11) is 0. The average Bonchev–Trinajstić information content (AvgIpc) is 3.11. The van der Waals surface area contributed by atoms with Gasteiger partial charge in [-0.05, 0) is 50.1 Å². The van der Waals surface area contributed by atoms with Gasteiger partial charge in [-0.3, -0.25) is 9.20 Å². The van der Waals surface area contributed by atoms with E-state index >= 15 is 0 Å². The maximum atomic E-state index is 12.1. The molecule has 1 aliphatic heterocycles. The van der Waals surface area contributed by atoms with Crippen LogP contribution in [-0.2, 0) is 0 Å². The Bertz CT molecular complexity index is 1020. The quantitative estimate of drug-likeness (QED) is 0.682. The van der Waals surface area contributed by atoms with Crippen molar-refractivity contribution in [2.75, 3.05) is 18.0 Å². The van der Waals surface area contributed by atoms with Crippen molar-refractivity contribution >= 4 is 17.1 Å². The van der Waals surface area contributed by atoms with Crippen LogP contribution in [0.1, 0.15) is 47.4 Å². The van der Waals surface area contributed by atoms with Gasteiger partial charge in [-0.2, -0.15) is 5.26 Å². The Balaban J connectivity index is 1.69. The molecule has 6 nitrogen and oxygen atoms in total. The molecule has 3 aromatic rings. The van der Waals surface area contributed by atoms with Gasteiger partial charge < -0.3 is 4.90 Å². The van der Waals surface area contributed by atoms with E-state index in [0.29, 0.717) is 11.1 Å². The van der Waals surface area contributed by atoms with Crippen LogP contribution in [0.2, 0.25) is 0 Å². The molecule has 130 valence electrons. The number of benzene rings is 1. The largest absolute Gasteiger partial charge is 0.370 e. The summed E-state index contributed by atoms with van der Waals surface area (Å²) in [6, 6.07) is 13.3. The van der Waals surface area contributed by atoms with Crippen LogP contribution in [-0.4, -0.2) is 33.5 Å². The van der Waals surface area contributed by atoms with Crippen LogP contribution in [0.5, 0.6) is 0 Å². The number of nitriles is 1. The highest BCUT2D eigenvalue weighted by molar-refractivity contribution is 6.00. The molecule has 0 amide bonds. The van der Waals surface area contributed by atoms with Gasteiger partial charge in [0.1, 0.15) is 5.82 Å². The number of piperidine rings is 1. The van der Waals surface area contributed by atoms with Gasteiger partial charge in [-0.1, -0.05) is 6.07 Å². The fourth-order valence-electron chi connectivity index (χ4n) is 3.71. The zero-order chi connectivity index (χ0) is 18.1. The minimum atomic E-state index is 0.0135. The number of rotatable bonds is 3. The third kappa shape index (κ3) is 2.82. The predicted octanol–water partition coefficient (Wildman–Crippen LogP) is 3.19. The van der Waals surface area contributed by atoms with Crippen molar-refractivity contribution in [3.63, 3.8) is 0 Å². The zero-order valence-corrected chi connectivity index (χ0v) is 14.6. The van der Waals surface area contributed by atoms with E-state index in [-0.39, 0.29) is 11.7 Å². The Morgan fingerprint density at radius 1 is 1.27 bits per heavy atom. The van der Waals surface area contributed by atoms with E-state index in [0.717, 1.165) is 43.1 Å². The third-order valence-electron chi connectivity index (χ3n) is 4.97. The fraction of sp³-hybridized carbons (Fsp3) is 0.300. The molecule has 4 rings (SSSR count). The Morgan fingerprint density at radius 2 is 2.15 bits per heavy atom. The first-order valence-electron chi connectivity index (χ1n) is 8.77. The standard InChI is InChI=1S/C20H19N5O/c1-14(26)17-8-7-15(12-21)11-18(17)24-9-4-5-16(13-24)20-23-22-19-6-2-3-10-25(19)20/h2-3,6-8,10-11,16H,4-5,9,13H2,1H3. The molecule has 0 aliphatic carbocycles.